The maximum atomic E-state index is 14.5. The molecule has 0 radical (unpaired) electrons. The van der Waals surface area contributed by atoms with E-state index in [0.717, 1.165) is 0 Å². The van der Waals surface area contributed by atoms with E-state index in [1.807, 2.05) is 0 Å². The van der Waals surface area contributed by atoms with Crippen molar-refractivity contribution in [2.24, 2.45) is 5.92 Å². The van der Waals surface area contributed by atoms with E-state index in [-0.39, 0.29) is 19.0 Å². The highest BCUT2D eigenvalue weighted by atomic mass is 35.5. The second kappa shape index (κ2) is 7.22. The zero-order chi connectivity index (χ0) is 19.9. The van der Waals surface area contributed by atoms with Crippen molar-refractivity contribution in [3.05, 3.63) is 48.5 Å². The van der Waals surface area contributed by atoms with Crippen molar-refractivity contribution in [2.75, 3.05) is 18.0 Å². The Kier molecular flexibility index (Phi) is 4.89. The molecule has 1 saturated carbocycles. The molecule has 28 heavy (non-hydrogen) atoms. The van der Waals surface area contributed by atoms with Gasteiger partial charge in [-0.2, -0.15) is 0 Å². The van der Waals surface area contributed by atoms with Crippen molar-refractivity contribution >= 4 is 40.9 Å². The zero-order valence-electron chi connectivity index (χ0n) is 14.6. The monoisotopic (exact) mass is 423 g/mol. The van der Waals surface area contributed by atoms with Crippen LogP contribution in [0.15, 0.2) is 42.7 Å². The molecule has 1 aliphatic carbocycles. The molecule has 1 aliphatic heterocycles. The van der Waals surface area contributed by atoms with Gasteiger partial charge < -0.3 is 10.1 Å². The van der Waals surface area contributed by atoms with Gasteiger partial charge in [0.25, 0.3) is 0 Å². The van der Waals surface area contributed by atoms with E-state index < -0.39 is 28.3 Å². The van der Waals surface area contributed by atoms with Gasteiger partial charge in [-0.25, -0.2) is 9.18 Å². The number of aromatic nitrogens is 1. The number of halogens is 3. The number of anilines is 1. The maximum Gasteiger partial charge on any atom is 0.414 e. The number of carbonyl (C=O) groups excluding carboxylic acids is 2. The summed E-state index contributed by atoms with van der Waals surface area (Å²) in [6.45, 7) is 0.333. The molecule has 2 aromatic rings. The Morgan fingerprint density at radius 1 is 1.39 bits per heavy atom. The van der Waals surface area contributed by atoms with E-state index in [4.69, 9.17) is 27.9 Å². The first-order valence-corrected chi connectivity index (χ1v) is 9.44. The van der Waals surface area contributed by atoms with Gasteiger partial charge in [-0.3, -0.25) is 14.7 Å². The molecular formula is C19H16Cl2FN3O3. The lowest BCUT2D eigenvalue weighted by atomic mass is 10.1. The van der Waals surface area contributed by atoms with Crippen LogP contribution < -0.4 is 10.2 Å². The highest BCUT2D eigenvalue weighted by Gasteiger charge is 2.56. The molecule has 2 amide bonds. The number of alkyl halides is 2. The molecule has 2 atom stereocenters. The number of benzene rings is 1. The van der Waals surface area contributed by atoms with E-state index in [2.05, 4.69) is 10.3 Å². The van der Waals surface area contributed by atoms with Gasteiger partial charge in [-0.05, 0) is 30.7 Å². The molecule has 6 nitrogen and oxygen atoms in total. The molecule has 1 aromatic heterocycles. The van der Waals surface area contributed by atoms with Crippen LogP contribution in [-0.2, 0) is 9.53 Å². The molecule has 2 fully saturated rings. The van der Waals surface area contributed by atoms with Crippen molar-refractivity contribution in [3.8, 4) is 11.1 Å². The third kappa shape index (κ3) is 3.77. The fourth-order valence-corrected chi connectivity index (χ4v) is 3.61. The summed E-state index contributed by atoms with van der Waals surface area (Å²) in [5.41, 5.74) is 1.42. The summed E-state index contributed by atoms with van der Waals surface area (Å²) in [7, 11) is 0. The largest absolute Gasteiger partial charge is 0.442 e. The van der Waals surface area contributed by atoms with E-state index >= 15 is 0 Å². The predicted octanol–water partition coefficient (Wildman–Crippen LogP) is 3.52. The van der Waals surface area contributed by atoms with Crippen molar-refractivity contribution in [1.29, 1.82) is 0 Å². The molecular weight excluding hydrogens is 408 g/mol. The minimum absolute atomic E-state index is 0.137. The average molecular weight is 424 g/mol. The molecule has 1 aromatic carbocycles. The lowest BCUT2D eigenvalue weighted by Crippen LogP contribution is -2.36. The van der Waals surface area contributed by atoms with Crippen LogP contribution in [0.1, 0.15) is 6.42 Å². The number of hydrogen-bond acceptors (Lipinski definition) is 4. The van der Waals surface area contributed by atoms with Crippen LogP contribution in [0.25, 0.3) is 11.1 Å². The summed E-state index contributed by atoms with van der Waals surface area (Å²) >= 11 is 11.7. The average Bonchev–Trinajstić information content (AvgIpc) is 3.15. The molecule has 1 unspecified atom stereocenters. The first-order valence-electron chi connectivity index (χ1n) is 8.69. The number of cyclic esters (lactones) is 1. The van der Waals surface area contributed by atoms with E-state index in [9.17, 15) is 14.0 Å². The molecule has 2 heterocycles. The summed E-state index contributed by atoms with van der Waals surface area (Å²) in [6.07, 6.45) is 2.44. The molecule has 146 valence electrons. The Labute approximate surface area is 170 Å². The highest BCUT2D eigenvalue weighted by Crippen LogP contribution is 2.53. The third-order valence-corrected chi connectivity index (χ3v) is 5.59. The van der Waals surface area contributed by atoms with Crippen LogP contribution in [0.4, 0.5) is 14.9 Å². The number of amides is 2. The first kappa shape index (κ1) is 19.0. The van der Waals surface area contributed by atoms with Crippen LogP contribution in [0.5, 0.6) is 0 Å². The number of hydrogen-bond donors (Lipinski definition) is 1. The number of nitrogens with zero attached hydrogens (tertiary/aromatic N) is 2. The van der Waals surface area contributed by atoms with E-state index in [1.54, 1.807) is 36.7 Å². The fourth-order valence-electron chi connectivity index (χ4n) is 3.10. The Morgan fingerprint density at radius 2 is 2.18 bits per heavy atom. The smallest absolute Gasteiger partial charge is 0.414 e. The van der Waals surface area contributed by atoms with Crippen LogP contribution in [0.3, 0.4) is 0 Å². The van der Waals surface area contributed by atoms with Crippen molar-refractivity contribution < 1.29 is 18.7 Å². The SMILES string of the molecule is O=C(NC[C@H]1CN(c2ccc(-c3cccnc3)c(F)c2)C(=O)O1)C1CC1(Cl)Cl. The predicted molar refractivity (Wildman–Crippen MR) is 103 cm³/mol. The van der Waals surface area contributed by atoms with Crippen LogP contribution in [0.2, 0.25) is 0 Å². The Morgan fingerprint density at radius 3 is 2.82 bits per heavy atom. The molecule has 0 spiro atoms. The van der Waals surface area contributed by atoms with Crippen molar-refractivity contribution in [1.82, 2.24) is 10.3 Å². The van der Waals surface area contributed by atoms with Crippen LogP contribution in [-0.4, -0.2) is 40.5 Å². The summed E-state index contributed by atoms with van der Waals surface area (Å²) in [4.78, 5) is 29.4. The third-order valence-electron chi connectivity index (χ3n) is 4.76. The second-order valence-electron chi connectivity index (χ2n) is 6.79. The number of rotatable bonds is 5. The Hall–Kier alpha value is -2.38. The minimum Gasteiger partial charge on any atom is -0.442 e. The van der Waals surface area contributed by atoms with Crippen LogP contribution in [0, 0.1) is 11.7 Å². The molecule has 4 rings (SSSR count). The number of ether oxygens (including phenoxy) is 1. The quantitative estimate of drug-likeness (QED) is 0.746. The second-order valence-corrected chi connectivity index (χ2v) is 8.33. The lowest BCUT2D eigenvalue weighted by Gasteiger charge is -2.14. The van der Waals surface area contributed by atoms with Gasteiger partial charge in [0, 0.05) is 23.5 Å². The summed E-state index contributed by atoms with van der Waals surface area (Å²) in [5, 5.41) is 2.68. The van der Waals surface area contributed by atoms with Crippen LogP contribution >= 0.6 is 23.2 Å². The Balaban J connectivity index is 1.40. The topological polar surface area (TPSA) is 71.5 Å². The van der Waals surface area contributed by atoms with Gasteiger partial charge >= 0.3 is 6.09 Å². The summed E-state index contributed by atoms with van der Waals surface area (Å²) in [6, 6.07) is 8.00. The molecule has 0 bridgehead atoms. The fraction of sp³-hybridized carbons (Fsp3) is 0.316. The first-order chi connectivity index (χ1) is 13.3. The minimum atomic E-state index is -1.00. The van der Waals surface area contributed by atoms with E-state index in [0.29, 0.717) is 23.2 Å². The number of nitrogens with one attached hydrogen (secondary N) is 1. The molecule has 1 N–H and O–H groups in total. The standard InChI is InChI=1S/C19H16Cl2FN3O3/c20-19(21)7-15(19)17(26)24-9-13-10-25(18(27)28-13)12-3-4-14(16(22)6-12)11-2-1-5-23-8-11/h1-6,8,13,15H,7,9-10H2,(H,24,26)/t13-,15?/m0/s1. The Bertz CT molecular complexity index is 926. The van der Waals surface area contributed by atoms with Gasteiger partial charge in [0.1, 0.15) is 16.3 Å². The van der Waals surface area contributed by atoms with Gasteiger partial charge in [0.2, 0.25) is 5.91 Å². The van der Waals surface area contributed by atoms with Gasteiger partial charge in [-0.15, -0.1) is 23.2 Å². The zero-order valence-corrected chi connectivity index (χ0v) is 16.1. The number of carbonyl (C=O) groups is 2. The highest BCUT2D eigenvalue weighted by molar-refractivity contribution is 6.52. The van der Waals surface area contributed by atoms with E-state index in [1.165, 1.54) is 11.0 Å². The van der Waals surface area contributed by atoms with Gasteiger partial charge in [0.05, 0.1) is 24.7 Å². The normalized spacial score (nSPS) is 22.7. The van der Waals surface area contributed by atoms with Gasteiger partial charge in [-0.1, -0.05) is 6.07 Å². The van der Waals surface area contributed by atoms with Crippen molar-refractivity contribution in [3.63, 3.8) is 0 Å². The molecule has 2 aliphatic rings. The van der Waals surface area contributed by atoms with Gasteiger partial charge in [0.15, 0.2) is 0 Å². The molecule has 1 saturated heterocycles. The van der Waals surface area contributed by atoms with Crippen molar-refractivity contribution in [2.45, 2.75) is 16.9 Å². The maximum absolute atomic E-state index is 14.5. The lowest BCUT2D eigenvalue weighted by molar-refractivity contribution is -0.122. The molecule has 9 heteroatoms. The summed E-state index contributed by atoms with van der Waals surface area (Å²) in [5.74, 6) is -1.19. The number of pyridine rings is 1. The summed E-state index contributed by atoms with van der Waals surface area (Å²) < 4.78 is 18.8.